The zero-order valence-corrected chi connectivity index (χ0v) is 43.1. The van der Waals surface area contributed by atoms with Crippen LogP contribution in [-0.4, -0.2) is 46.9 Å². The minimum Gasteiger partial charge on any atom is -0.462 e. The topological polar surface area (TPSA) is 95.9 Å². The Balaban J connectivity index is 4.62. The number of ether oxygens (including phenoxy) is 1. The second kappa shape index (κ2) is 52.5. The number of amides is 1. The highest BCUT2D eigenvalue weighted by Gasteiger charge is 2.24. The Kier molecular flexibility index (Phi) is 50.6. The highest BCUT2D eigenvalue weighted by Crippen LogP contribution is 2.18. The van der Waals surface area contributed by atoms with Gasteiger partial charge in [0, 0.05) is 6.42 Å². The van der Waals surface area contributed by atoms with E-state index in [0.717, 1.165) is 83.5 Å². The molecule has 0 saturated heterocycles. The van der Waals surface area contributed by atoms with Gasteiger partial charge in [-0.1, -0.05) is 229 Å². The first-order valence-corrected chi connectivity index (χ1v) is 28.0. The van der Waals surface area contributed by atoms with Gasteiger partial charge < -0.3 is 20.3 Å². The van der Waals surface area contributed by atoms with E-state index in [2.05, 4.69) is 86.8 Å². The number of hydrogen-bond acceptors (Lipinski definition) is 5. The minimum absolute atomic E-state index is 0.0612. The molecule has 378 valence electrons. The van der Waals surface area contributed by atoms with E-state index in [-0.39, 0.29) is 24.9 Å². The van der Waals surface area contributed by atoms with E-state index in [9.17, 15) is 19.8 Å². The molecule has 0 heterocycles. The summed E-state index contributed by atoms with van der Waals surface area (Å²) in [5.74, 6) is -0.509. The van der Waals surface area contributed by atoms with Crippen molar-refractivity contribution in [1.82, 2.24) is 5.32 Å². The lowest BCUT2D eigenvalue weighted by Crippen LogP contribution is -2.46. The van der Waals surface area contributed by atoms with Crippen LogP contribution in [0.2, 0.25) is 0 Å². The number of nitrogens with one attached hydrogen (secondary N) is 1. The van der Waals surface area contributed by atoms with Gasteiger partial charge in [0.1, 0.15) is 6.10 Å². The first-order chi connectivity index (χ1) is 32.0. The van der Waals surface area contributed by atoms with Gasteiger partial charge in [-0.25, -0.2) is 0 Å². The number of aliphatic hydroxyl groups excluding tert-OH is 2. The third-order valence-electron chi connectivity index (χ3n) is 12.6. The van der Waals surface area contributed by atoms with Gasteiger partial charge in [0.15, 0.2) is 0 Å². The minimum atomic E-state index is -0.795. The van der Waals surface area contributed by atoms with Crippen molar-refractivity contribution in [3.63, 3.8) is 0 Å². The van der Waals surface area contributed by atoms with E-state index in [4.69, 9.17) is 4.74 Å². The Labute approximate surface area is 403 Å². The molecule has 0 aliphatic heterocycles. The molecule has 6 heteroatoms. The van der Waals surface area contributed by atoms with E-state index >= 15 is 0 Å². The van der Waals surface area contributed by atoms with E-state index in [1.807, 2.05) is 0 Å². The molecule has 0 fully saturated rings. The highest BCUT2D eigenvalue weighted by molar-refractivity contribution is 5.77. The fourth-order valence-electron chi connectivity index (χ4n) is 8.29. The second-order valence-corrected chi connectivity index (χ2v) is 19.0. The molecule has 1 amide bonds. The molecule has 3 unspecified atom stereocenters. The van der Waals surface area contributed by atoms with Crippen LogP contribution in [0, 0.1) is 0 Å². The van der Waals surface area contributed by atoms with Crippen LogP contribution < -0.4 is 5.32 Å². The van der Waals surface area contributed by atoms with Crippen LogP contribution in [0.15, 0.2) is 60.8 Å². The summed E-state index contributed by atoms with van der Waals surface area (Å²) in [6.07, 6.45) is 65.7. The Morgan fingerprint density at radius 1 is 0.446 bits per heavy atom. The largest absolute Gasteiger partial charge is 0.462 e. The molecule has 0 aromatic heterocycles. The summed E-state index contributed by atoms with van der Waals surface area (Å²) in [5, 5.41) is 23.8. The van der Waals surface area contributed by atoms with Crippen molar-refractivity contribution in [2.45, 2.75) is 296 Å². The van der Waals surface area contributed by atoms with Crippen molar-refractivity contribution in [2.75, 3.05) is 6.61 Å². The van der Waals surface area contributed by atoms with Gasteiger partial charge >= 0.3 is 5.97 Å². The second-order valence-electron chi connectivity index (χ2n) is 19.0. The number of rotatable bonds is 50. The molecule has 0 aromatic rings. The summed E-state index contributed by atoms with van der Waals surface area (Å²) in [4.78, 5) is 26.2. The van der Waals surface area contributed by atoms with Crippen molar-refractivity contribution >= 4 is 11.9 Å². The number of carbonyl (C=O) groups excluding carboxylic acids is 2. The average Bonchev–Trinajstić information content (AvgIpc) is 3.30. The van der Waals surface area contributed by atoms with Crippen LogP contribution in [0.4, 0.5) is 0 Å². The molecule has 0 aromatic carbocycles. The fraction of sp³-hybridized carbons (Fsp3) is 0.797. The summed E-state index contributed by atoms with van der Waals surface area (Å²) in [6.45, 7) is 6.45. The molecule has 0 aliphatic rings. The van der Waals surface area contributed by atoms with Crippen molar-refractivity contribution < 1.29 is 24.5 Å². The SMILES string of the molecule is CCCCC/C=C\C/C=C\C/C=C\C/C=C\CCCCCC(=O)OC(CCCCCCCCC/C=C/CCCCCCCC)CC(=O)NC(CO)C(O)CCCCCCCCCCCC. The Bertz CT molecular complexity index is 1160. The van der Waals surface area contributed by atoms with Gasteiger partial charge in [-0.2, -0.15) is 0 Å². The smallest absolute Gasteiger partial charge is 0.306 e. The molecule has 65 heavy (non-hydrogen) atoms. The lowest BCUT2D eigenvalue weighted by atomic mass is 10.0. The molecule has 0 saturated carbocycles. The van der Waals surface area contributed by atoms with E-state index in [0.29, 0.717) is 19.3 Å². The summed E-state index contributed by atoms with van der Waals surface area (Å²) in [6, 6.07) is -0.710. The molecule has 0 rings (SSSR count). The molecular weight excluding hydrogens is 803 g/mol. The van der Waals surface area contributed by atoms with Crippen molar-refractivity contribution in [3.05, 3.63) is 60.8 Å². The van der Waals surface area contributed by atoms with E-state index < -0.39 is 18.2 Å². The summed E-state index contributed by atoms with van der Waals surface area (Å²) in [5.41, 5.74) is 0. The van der Waals surface area contributed by atoms with Crippen molar-refractivity contribution in [2.24, 2.45) is 0 Å². The maximum absolute atomic E-state index is 13.2. The number of allylic oxidation sites excluding steroid dienone is 10. The number of esters is 1. The molecule has 0 radical (unpaired) electrons. The van der Waals surface area contributed by atoms with Crippen LogP contribution >= 0.6 is 0 Å². The monoisotopic (exact) mass is 910 g/mol. The lowest BCUT2D eigenvalue weighted by Gasteiger charge is -2.24. The molecular formula is C59H107NO5. The molecule has 3 atom stereocenters. The number of aliphatic hydroxyl groups is 2. The van der Waals surface area contributed by atoms with Gasteiger partial charge in [-0.15, -0.1) is 0 Å². The van der Waals surface area contributed by atoms with Gasteiger partial charge in [0.25, 0.3) is 0 Å². The van der Waals surface area contributed by atoms with Crippen LogP contribution in [-0.2, 0) is 14.3 Å². The van der Waals surface area contributed by atoms with Gasteiger partial charge in [-0.05, 0) is 96.3 Å². The van der Waals surface area contributed by atoms with Crippen LogP contribution in [0.5, 0.6) is 0 Å². The quantitative estimate of drug-likeness (QED) is 0.0321. The lowest BCUT2D eigenvalue weighted by molar-refractivity contribution is -0.151. The van der Waals surface area contributed by atoms with Gasteiger partial charge in [-0.3, -0.25) is 9.59 Å². The third-order valence-corrected chi connectivity index (χ3v) is 12.6. The molecule has 6 nitrogen and oxygen atoms in total. The number of carbonyl (C=O) groups is 2. The number of unbranched alkanes of at least 4 members (excludes halogenated alkanes) is 28. The first-order valence-electron chi connectivity index (χ1n) is 28.0. The Morgan fingerprint density at radius 2 is 0.785 bits per heavy atom. The predicted molar refractivity (Wildman–Crippen MR) is 282 cm³/mol. The Hall–Kier alpha value is -2.44. The van der Waals surface area contributed by atoms with E-state index in [1.54, 1.807) is 0 Å². The molecule has 0 aliphatic carbocycles. The van der Waals surface area contributed by atoms with Crippen LogP contribution in [0.25, 0.3) is 0 Å². The Morgan fingerprint density at radius 3 is 1.23 bits per heavy atom. The van der Waals surface area contributed by atoms with Gasteiger partial charge in [0.05, 0.1) is 25.2 Å². The third kappa shape index (κ3) is 47.8. The maximum Gasteiger partial charge on any atom is 0.306 e. The normalized spacial score (nSPS) is 13.6. The standard InChI is InChI=1S/C59H107NO5/c1-4-7-10-13-16-19-22-24-26-28-29-31-33-35-37-40-43-46-49-52-59(64)65-55(50-47-44-41-38-36-34-32-30-27-25-23-20-17-14-11-8-5-2)53-58(63)60-56(54-61)57(62)51-48-45-42-39-21-18-15-12-9-6-3/h16,19,24-27,29,31,35,37,55-57,61-62H,4-15,17-18,20-23,28,30,32-34,36,38-54H2,1-3H3,(H,60,63)/b19-16-,26-24-,27-25+,31-29-,37-35-. The maximum atomic E-state index is 13.2. The predicted octanol–water partition coefficient (Wildman–Crippen LogP) is 17.2. The fourth-order valence-corrected chi connectivity index (χ4v) is 8.29. The highest BCUT2D eigenvalue weighted by atomic mass is 16.5. The first kappa shape index (κ1) is 62.6. The zero-order chi connectivity index (χ0) is 47.4. The molecule has 0 bridgehead atoms. The van der Waals surface area contributed by atoms with Crippen molar-refractivity contribution in [3.8, 4) is 0 Å². The van der Waals surface area contributed by atoms with Gasteiger partial charge in [0.2, 0.25) is 5.91 Å². The van der Waals surface area contributed by atoms with E-state index in [1.165, 1.54) is 148 Å². The molecule has 0 spiro atoms. The van der Waals surface area contributed by atoms with Crippen LogP contribution in [0.1, 0.15) is 278 Å². The summed E-state index contributed by atoms with van der Waals surface area (Å²) < 4.78 is 5.94. The van der Waals surface area contributed by atoms with Crippen LogP contribution in [0.3, 0.4) is 0 Å². The zero-order valence-electron chi connectivity index (χ0n) is 43.1. The summed E-state index contributed by atoms with van der Waals surface area (Å²) in [7, 11) is 0. The average molecular weight is 911 g/mol. The molecule has 3 N–H and O–H groups in total. The number of hydrogen-bond donors (Lipinski definition) is 3. The van der Waals surface area contributed by atoms with Crippen molar-refractivity contribution in [1.29, 1.82) is 0 Å². The summed E-state index contributed by atoms with van der Waals surface area (Å²) >= 11 is 0.